The molecule has 0 aliphatic rings. The van der Waals surface area contributed by atoms with Crippen LogP contribution in [0.15, 0.2) is 41.3 Å². The lowest BCUT2D eigenvalue weighted by atomic mass is 10.2. The van der Waals surface area contributed by atoms with Gasteiger partial charge in [0.25, 0.3) is 10.0 Å². The zero-order valence-electron chi connectivity index (χ0n) is 12.1. The molecule has 2 aromatic carbocycles. The highest BCUT2D eigenvalue weighted by molar-refractivity contribution is 7.92. The molecular weight excluding hydrogens is 345 g/mol. The molecule has 0 atom stereocenters. The van der Waals surface area contributed by atoms with E-state index in [1.165, 1.54) is 18.2 Å². The molecule has 0 aliphatic carbocycles. The first-order valence-electron chi connectivity index (χ1n) is 6.55. The van der Waals surface area contributed by atoms with Crippen LogP contribution in [0.3, 0.4) is 0 Å². The SMILES string of the molecule is CCOc1ccc(S(=O)(=O)Nc2ccc(Cl)cc2Cl)cc1C. The Bertz CT molecular complexity index is 791. The summed E-state index contributed by atoms with van der Waals surface area (Å²) in [7, 11) is -3.74. The molecule has 0 aliphatic heterocycles. The van der Waals surface area contributed by atoms with Gasteiger partial charge in [-0.25, -0.2) is 8.42 Å². The summed E-state index contributed by atoms with van der Waals surface area (Å²) in [6.07, 6.45) is 0. The monoisotopic (exact) mass is 359 g/mol. The largest absolute Gasteiger partial charge is 0.494 e. The number of rotatable bonds is 5. The van der Waals surface area contributed by atoms with Crippen molar-refractivity contribution in [1.29, 1.82) is 0 Å². The van der Waals surface area contributed by atoms with E-state index in [4.69, 9.17) is 27.9 Å². The van der Waals surface area contributed by atoms with Crippen molar-refractivity contribution in [2.24, 2.45) is 0 Å². The fraction of sp³-hybridized carbons (Fsp3) is 0.200. The maximum absolute atomic E-state index is 12.4. The van der Waals surface area contributed by atoms with Crippen LogP contribution in [-0.2, 0) is 10.0 Å². The quantitative estimate of drug-likeness (QED) is 0.854. The predicted octanol–water partition coefficient (Wildman–Crippen LogP) is 4.50. The molecule has 0 bridgehead atoms. The number of ether oxygens (including phenoxy) is 1. The third kappa shape index (κ3) is 3.85. The van der Waals surface area contributed by atoms with Gasteiger partial charge in [0.1, 0.15) is 5.75 Å². The highest BCUT2D eigenvalue weighted by Gasteiger charge is 2.17. The summed E-state index contributed by atoms with van der Waals surface area (Å²) < 4.78 is 32.7. The van der Waals surface area contributed by atoms with Crippen LogP contribution in [0.25, 0.3) is 0 Å². The number of benzene rings is 2. The zero-order valence-corrected chi connectivity index (χ0v) is 14.4. The molecule has 0 heterocycles. The van der Waals surface area contributed by atoms with Gasteiger partial charge in [-0.05, 0) is 55.8 Å². The molecule has 4 nitrogen and oxygen atoms in total. The molecule has 0 spiro atoms. The van der Waals surface area contributed by atoms with Gasteiger partial charge in [-0.2, -0.15) is 0 Å². The first-order chi connectivity index (χ1) is 10.3. The smallest absolute Gasteiger partial charge is 0.261 e. The Hall–Kier alpha value is -1.43. The van der Waals surface area contributed by atoms with Crippen LogP contribution in [0.1, 0.15) is 12.5 Å². The van der Waals surface area contributed by atoms with Crippen LogP contribution < -0.4 is 9.46 Å². The molecule has 7 heteroatoms. The van der Waals surface area contributed by atoms with Crippen molar-refractivity contribution >= 4 is 38.9 Å². The van der Waals surface area contributed by atoms with E-state index >= 15 is 0 Å². The van der Waals surface area contributed by atoms with E-state index in [0.717, 1.165) is 5.56 Å². The number of anilines is 1. The highest BCUT2D eigenvalue weighted by atomic mass is 35.5. The van der Waals surface area contributed by atoms with Crippen LogP contribution in [0.4, 0.5) is 5.69 Å². The van der Waals surface area contributed by atoms with Crippen LogP contribution in [0.2, 0.25) is 10.0 Å². The molecule has 0 fully saturated rings. The predicted molar refractivity (Wildman–Crippen MR) is 89.6 cm³/mol. The molecule has 118 valence electrons. The van der Waals surface area contributed by atoms with Crippen LogP contribution in [0, 0.1) is 6.92 Å². The van der Waals surface area contributed by atoms with Crippen molar-refractivity contribution in [1.82, 2.24) is 0 Å². The molecule has 2 aromatic rings. The van der Waals surface area contributed by atoms with Gasteiger partial charge in [-0.3, -0.25) is 4.72 Å². The Morgan fingerprint density at radius 2 is 1.86 bits per heavy atom. The number of sulfonamides is 1. The summed E-state index contributed by atoms with van der Waals surface area (Å²) in [5.74, 6) is 0.658. The molecule has 0 aromatic heterocycles. The van der Waals surface area contributed by atoms with Gasteiger partial charge < -0.3 is 4.74 Å². The van der Waals surface area contributed by atoms with E-state index < -0.39 is 10.0 Å². The van der Waals surface area contributed by atoms with Gasteiger partial charge in [0.05, 0.1) is 22.2 Å². The lowest BCUT2D eigenvalue weighted by Crippen LogP contribution is -2.13. The molecule has 2 rings (SSSR count). The second-order valence-corrected chi connectivity index (χ2v) is 7.12. The standard InChI is InChI=1S/C15H15Cl2NO3S/c1-3-21-15-7-5-12(8-10(15)2)22(19,20)18-14-6-4-11(16)9-13(14)17/h4-9,18H,3H2,1-2H3. The average molecular weight is 360 g/mol. The maximum atomic E-state index is 12.4. The van der Waals surface area contributed by atoms with Crippen molar-refractivity contribution in [3.63, 3.8) is 0 Å². The second kappa shape index (κ2) is 6.77. The normalized spacial score (nSPS) is 11.3. The van der Waals surface area contributed by atoms with E-state index in [0.29, 0.717) is 17.4 Å². The summed E-state index contributed by atoms with van der Waals surface area (Å²) in [4.78, 5) is 0.138. The Kier molecular flexibility index (Phi) is 5.21. The van der Waals surface area contributed by atoms with E-state index in [1.54, 1.807) is 25.1 Å². The molecule has 0 saturated carbocycles. The third-order valence-corrected chi connectivity index (χ3v) is 4.84. The van der Waals surface area contributed by atoms with Gasteiger partial charge in [0.15, 0.2) is 0 Å². The molecule has 1 N–H and O–H groups in total. The minimum Gasteiger partial charge on any atom is -0.494 e. The number of hydrogen-bond donors (Lipinski definition) is 1. The Morgan fingerprint density at radius 1 is 1.14 bits per heavy atom. The summed E-state index contributed by atoms with van der Waals surface area (Å²) in [5, 5.41) is 0.670. The Balaban J connectivity index is 2.32. The lowest BCUT2D eigenvalue weighted by Gasteiger charge is -2.12. The van der Waals surface area contributed by atoms with E-state index in [2.05, 4.69) is 4.72 Å². The van der Waals surface area contributed by atoms with E-state index in [-0.39, 0.29) is 15.6 Å². The van der Waals surface area contributed by atoms with Gasteiger partial charge in [0, 0.05) is 5.02 Å². The van der Waals surface area contributed by atoms with Crippen LogP contribution >= 0.6 is 23.2 Å². The molecule has 0 unspecified atom stereocenters. The molecule has 0 amide bonds. The Morgan fingerprint density at radius 3 is 2.45 bits per heavy atom. The van der Waals surface area contributed by atoms with Crippen LogP contribution in [-0.4, -0.2) is 15.0 Å². The summed E-state index contributed by atoms with van der Waals surface area (Å²) in [6.45, 7) is 4.18. The molecular formula is C15H15Cl2NO3S. The zero-order chi connectivity index (χ0) is 16.3. The highest BCUT2D eigenvalue weighted by Crippen LogP contribution is 2.28. The van der Waals surface area contributed by atoms with Gasteiger partial charge in [-0.1, -0.05) is 23.2 Å². The summed E-state index contributed by atoms with van der Waals surface area (Å²) >= 11 is 11.8. The van der Waals surface area contributed by atoms with Gasteiger partial charge >= 0.3 is 0 Å². The van der Waals surface area contributed by atoms with Crippen molar-refractivity contribution in [2.45, 2.75) is 18.7 Å². The number of halogens is 2. The number of aryl methyl sites for hydroxylation is 1. The fourth-order valence-corrected chi connectivity index (χ4v) is 3.56. The van der Waals surface area contributed by atoms with E-state index in [9.17, 15) is 8.42 Å². The Labute approximate surface area is 140 Å². The number of hydrogen-bond acceptors (Lipinski definition) is 3. The molecule has 22 heavy (non-hydrogen) atoms. The summed E-state index contributed by atoms with van der Waals surface area (Å²) in [5.41, 5.74) is 1.02. The molecule has 0 radical (unpaired) electrons. The van der Waals surface area contributed by atoms with Gasteiger partial charge in [-0.15, -0.1) is 0 Å². The average Bonchev–Trinajstić information content (AvgIpc) is 2.44. The van der Waals surface area contributed by atoms with Crippen molar-refractivity contribution in [3.8, 4) is 5.75 Å². The maximum Gasteiger partial charge on any atom is 0.261 e. The fourth-order valence-electron chi connectivity index (χ4n) is 1.88. The number of nitrogens with one attached hydrogen (secondary N) is 1. The van der Waals surface area contributed by atoms with Crippen LogP contribution in [0.5, 0.6) is 5.75 Å². The van der Waals surface area contributed by atoms with Crippen molar-refractivity contribution in [3.05, 3.63) is 52.0 Å². The molecule has 0 saturated heterocycles. The lowest BCUT2D eigenvalue weighted by molar-refractivity contribution is 0.337. The second-order valence-electron chi connectivity index (χ2n) is 4.59. The minimum atomic E-state index is -3.74. The first-order valence-corrected chi connectivity index (χ1v) is 8.78. The summed E-state index contributed by atoms with van der Waals surface area (Å²) in [6, 6.07) is 9.24. The van der Waals surface area contributed by atoms with Crippen molar-refractivity contribution < 1.29 is 13.2 Å². The van der Waals surface area contributed by atoms with Gasteiger partial charge in [0.2, 0.25) is 0 Å². The van der Waals surface area contributed by atoms with E-state index in [1.807, 2.05) is 6.92 Å². The van der Waals surface area contributed by atoms with Crippen molar-refractivity contribution in [2.75, 3.05) is 11.3 Å². The first kappa shape index (κ1) is 16.9. The third-order valence-electron chi connectivity index (χ3n) is 2.93. The minimum absolute atomic E-state index is 0.138. The topological polar surface area (TPSA) is 55.4 Å².